The summed E-state index contributed by atoms with van der Waals surface area (Å²) >= 11 is 0. The number of nitrogens with one attached hydrogen (secondary N) is 2. The summed E-state index contributed by atoms with van der Waals surface area (Å²) in [5.74, 6) is -0.319. The van der Waals surface area contributed by atoms with E-state index in [4.69, 9.17) is 0 Å². The Morgan fingerprint density at radius 3 is 2.73 bits per heavy atom. The minimum atomic E-state index is -0.602. The number of hydrogen-bond donors (Lipinski definition) is 2. The average molecular weight is 463 g/mol. The minimum absolute atomic E-state index is 0. The number of amides is 2. The Balaban J connectivity index is 0.00000306. The van der Waals surface area contributed by atoms with Crippen molar-refractivity contribution < 1.29 is 9.59 Å². The largest absolute Gasteiger partial charge is 0.343 e. The number of hydrogen-bond acceptors (Lipinski definition) is 4. The highest BCUT2D eigenvalue weighted by molar-refractivity contribution is 6.01. The highest BCUT2D eigenvalue weighted by atomic mass is 35.5. The first-order valence-corrected chi connectivity index (χ1v) is 10.8. The molecule has 0 aromatic heterocycles. The number of carbonyl (C=O) groups is 2. The zero-order chi connectivity index (χ0) is 22.7. The van der Waals surface area contributed by atoms with E-state index in [1.807, 2.05) is 54.6 Å². The van der Waals surface area contributed by atoms with Crippen molar-refractivity contribution in [2.24, 2.45) is 0 Å². The van der Waals surface area contributed by atoms with Gasteiger partial charge in [0.2, 0.25) is 11.8 Å². The lowest BCUT2D eigenvalue weighted by Gasteiger charge is -2.27. The van der Waals surface area contributed by atoms with Gasteiger partial charge in [-0.15, -0.1) is 12.4 Å². The topological polar surface area (TPSA) is 85.2 Å². The molecule has 0 spiro atoms. The maximum Gasteiger partial charge on any atom is 0.249 e. The van der Waals surface area contributed by atoms with Gasteiger partial charge in [-0.05, 0) is 66.9 Å². The third-order valence-electron chi connectivity index (χ3n) is 6.12. The summed E-state index contributed by atoms with van der Waals surface area (Å²) in [7, 11) is 1.72. The van der Waals surface area contributed by atoms with E-state index in [0.717, 1.165) is 27.6 Å². The lowest BCUT2D eigenvalue weighted by atomic mass is 10.0. The second-order valence-corrected chi connectivity index (χ2v) is 8.13. The van der Waals surface area contributed by atoms with E-state index in [1.165, 1.54) is 0 Å². The fourth-order valence-electron chi connectivity index (χ4n) is 4.16. The van der Waals surface area contributed by atoms with Gasteiger partial charge in [0.25, 0.3) is 0 Å². The monoisotopic (exact) mass is 462 g/mol. The highest BCUT2D eigenvalue weighted by Gasteiger charge is 2.32. The van der Waals surface area contributed by atoms with E-state index in [1.54, 1.807) is 24.9 Å². The molecule has 0 fully saturated rings. The van der Waals surface area contributed by atoms with Crippen molar-refractivity contribution in [1.29, 1.82) is 5.26 Å². The number of nitrogens with zero attached hydrogens (tertiary/aromatic N) is 2. The van der Waals surface area contributed by atoms with Crippen molar-refractivity contribution in [3.05, 3.63) is 77.4 Å². The molecule has 1 aliphatic heterocycles. The van der Waals surface area contributed by atoms with Crippen LogP contribution in [0, 0.1) is 11.3 Å². The Hall–Kier alpha value is -3.40. The SMILES string of the molecule is CNC(C)C(=O)NC1CCc2ccccc2N(Cc2cccc3ccc(C#N)cc23)C1=O.Cl. The van der Waals surface area contributed by atoms with Crippen LogP contribution < -0.4 is 15.5 Å². The average Bonchev–Trinajstić information content (AvgIpc) is 2.95. The summed E-state index contributed by atoms with van der Waals surface area (Å²) in [5, 5.41) is 17.2. The predicted molar refractivity (Wildman–Crippen MR) is 132 cm³/mol. The van der Waals surface area contributed by atoms with Gasteiger partial charge in [0.05, 0.1) is 24.2 Å². The Morgan fingerprint density at radius 2 is 1.97 bits per heavy atom. The van der Waals surface area contributed by atoms with Gasteiger partial charge in [-0.1, -0.05) is 42.5 Å². The fraction of sp³-hybridized carbons (Fsp3) is 0.269. The number of aryl methyl sites for hydroxylation is 1. The number of carbonyl (C=O) groups excluding carboxylic acids is 2. The molecule has 0 bridgehead atoms. The van der Waals surface area contributed by atoms with E-state index in [0.29, 0.717) is 24.9 Å². The van der Waals surface area contributed by atoms with E-state index in [2.05, 4.69) is 16.7 Å². The van der Waals surface area contributed by atoms with Gasteiger partial charge in [-0.2, -0.15) is 5.26 Å². The summed E-state index contributed by atoms with van der Waals surface area (Å²) in [6.45, 7) is 2.13. The molecule has 3 aromatic rings. The molecule has 1 heterocycles. The first-order chi connectivity index (χ1) is 15.5. The van der Waals surface area contributed by atoms with Crippen molar-refractivity contribution in [3.8, 4) is 6.07 Å². The molecule has 2 unspecified atom stereocenters. The summed E-state index contributed by atoms with van der Waals surface area (Å²) in [6.07, 6.45) is 1.24. The number of nitriles is 1. The third-order valence-corrected chi connectivity index (χ3v) is 6.12. The van der Waals surface area contributed by atoms with Gasteiger partial charge >= 0.3 is 0 Å². The molecule has 0 radical (unpaired) electrons. The van der Waals surface area contributed by atoms with E-state index in [9.17, 15) is 14.9 Å². The number of rotatable bonds is 5. The van der Waals surface area contributed by atoms with Crippen LogP contribution in [0.2, 0.25) is 0 Å². The van der Waals surface area contributed by atoms with Crippen molar-refractivity contribution in [3.63, 3.8) is 0 Å². The van der Waals surface area contributed by atoms with Crippen LogP contribution in [-0.2, 0) is 22.6 Å². The van der Waals surface area contributed by atoms with Crippen molar-refractivity contribution in [1.82, 2.24) is 10.6 Å². The van der Waals surface area contributed by atoms with Crippen LogP contribution in [0.15, 0.2) is 60.7 Å². The van der Waals surface area contributed by atoms with Gasteiger partial charge in [-0.25, -0.2) is 0 Å². The summed E-state index contributed by atoms with van der Waals surface area (Å²) in [5.41, 5.74) is 3.48. The molecule has 6 nitrogen and oxygen atoms in total. The zero-order valence-electron chi connectivity index (χ0n) is 18.7. The second-order valence-electron chi connectivity index (χ2n) is 8.13. The number of para-hydroxylation sites is 1. The molecule has 3 aromatic carbocycles. The summed E-state index contributed by atoms with van der Waals surface area (Å²) in [6, 6.07) is 20.6. The maximum absolute atomic E-state index is 13.7. The normalized spacial score (nSPS) is 16.2. The van der Waals surface area contributed by atoms with Crippen molar-refractivity contribution in [2.45, 2.75) is 38.4 Å². The Morgan fingerprint density at radius 1 is 1.18 bits per heavy atom. The Kier molecular flexibility index (Phi) is 7.70. The molecule has 170 valence electrons. The van der Waals surface area contributed by atoms with Crippen LogP contribution in [0.5, 0.6) is 0 Å². The summed E-state index contributed by atoms with van der Waals surface area (Å²) < 4.78 is 0. The molecule has 33 heavy (non-hydrogen) atoms. The molecule has 0 saturated carbocycles. The molecule has 1 aliphatic rings. The van der Waals surface area contributed by atoms with E-state index < -0.39 is 6.04 Å². The van der Waals surface area contributed by atoms with E-state index in [-0.39, 0.29) is 30.3 Å². The quantitative estimate of drug-likeness (QED) is 0.605. The van der Waals surface area contributed by atoms with Crippen LogP contribution in [0.1, 0.15) is 30.0 Å². The number of anilines is 1. The summed E-state index contributed by atoms with van der Waals surface area (Å²) in [4.78, 5) is 27.9. The van der Waals surface area contributed by atoms with Crippen LogP contribution in [-0.4, -0.2) is 30.9 Å². The number of halogens is 1. The predicted octanol–water partition coefficient (Wildman–Crippen LogP) is 3.71. The van der Waals surface area contributed by atoms with Gasteiger partial charge in [0.1, 0.15) is 6.04 Å². The number of fused-ring (bicyclic) bond motifs is 2. The Bertz CT molecular complexity index is 1220. The zero-order valence-corrected chi connectivity index (χ0v) is 19.5. The first kappa shape index (κ1) is 24.2. The molecule has 2 atom stereocenters. The fourth-order valence-corrected chi connectivity index (χ4v) is 4.16. The lowest BCUT2D eigenvalue weighted by molar-refractivity contribution is -0.128. The Labute approximate surface area is 200 Å². The minimum Gasteiger partial charge on any atom is -0.343 e. The van der Waals surface area contributed by atoms with Gasteiger partial charge < -0.3 is 15.5 Å². The van der Waals surface area contributed by atoms with Gasteiger partial charge in [0.15, 0.2) is 0 Å². The van der Waals surface area contributed by atoms with Crippen molar-refractivity contribution >= 4 is 40.7 Å². The van der Waals surface area contributed by atoms with Crippen LogP contribution >= 0.6 is 12.4 Å². The standard InChI is InChI=1S/C26H26N4O2.ClH/c1-17(28-2)25(31)29-23-13-12-20-6-3-4-9-24(20)30(26(23)32)16-21-8-5-7-19-11-10-18(15-27)14-22(19)21;/h3-11,14,17,23,28H,12-13,16H2,1-2H3,(H,29,31);1H. The highest BCUT2D eigenvalue weighted by Crippen LogP contribution is 2.30. The first-order valence-electron chi connectivity index (χ1n) is 10.8. The number of benzene rings is 3. The smallest absolute Gasteiger partial charge is 0.249 e. The lowest BCUT2D eigenvalue weighted by Crippen LogP contribution is -2.52. The van der Waals surface area contributed by atoms with Crippen LogP contribution in [0.25, 0.3) is 10.8 Å². The number of likely N-dealkylation sites (N-methyl/N-ethyl adjacent to an activating group) is 1. The van der Waals surface area contributed by atoms with Crippen molar-refractivity contribution in [2.75, 3.05) is 11.9 Å². The maximum atomic E-state index is 13.7. The molecule has 2 amide bonds. The molecular weight excluding hydrogens is 436 g/mol. The molecule has 0 aliphatic carbocycles. The molecule has 0 saturated heterocycles. The second kappa shape index (κ2) is 10.5. The molecule has 4 rings (SSSR count). The third kappa shape index (κ3) is 5.00. The molecule has 7 heteroatoms. The van der Waals surface area contributed by atoms with E-state index >= 15 is 0 Å². The van der Waals surface area contributed by atoms with Gasteiger partial charge in [0, 0.05) is 5.69 Å². The van der Waals surface area contributed by atoms with Crippen LogP contribution in [0.4, 0.5) is 5.69 Å². The van der Waals surface area contributed by atoms with Gasteiger partial charge in [-0.3, -0.25) is 9.59 Å². The molecule has 2 N–H and O–H groups in total. The molecular formula is C26H27ClN4O2. The van der Waals surface area contributed by atoms with Crippen LogP contribution in [0.3, 0.4) is 0 Å².